The number of benzene rings is 1. The monoisotopic (exact) mass is 269 g/mol. The van der Waals surface area contributed by atoms with Crippen LogP contribution in [0.5, 0.6) is 0 Å². The lowest BCUT2D eigenvalue weighted by molar-refractivity contribution is 0.399. The fraction of sp³-hybridized carbons (Fsp3) is 0.588. The molecule has 1 aromatic carbocycles. The molecule has 1 aromatic heterocycles. The van der Waals surface area contributed by atoms with Crippen molar-refractivity contribution in [3.8, 4) is 0 Å². The number of piperidine rings is 1. The van der Waals surface area contributed by atoms with Crippen LogP contribution in [0.4, 0.5) is 0 Å². The number of aryl methyl sites for hydroxylation is 1. The summed E-state index contributed by atoms with van der Waals surface area (Å²) >= 11 is 0. The minimum absolute atomic E-state index is 0.660. The molecule has 0 spiro atoms. The second kappa shape index (κ2) is 4.88. The largest absolute Gasteiger partial charge is 0.331 e. The normalized spacial score (nSPS) is 23.4. The van der Waals surface area contributed by atoms with Crippen LogP contribution >= 0.6 is 0 Å². The summed E-state index contributed by atoms with van der Waals surface area (Å²) in [7, 11) is 2.16. The molecule has 1 saturated carbocycles. The Morgan fingerprint density at radius 2 is 2.15 bits per heavy atom. The SMILES string of the molecule is Cn1c(C2CC2)nc2cc(CC3CCCCN3)ccc21. The molecule has 3 heteroatoms. The molecule has 0 amide bonds. The first-order chi connectivity index (χ1) is 9.81. The van der Waals surface area contributed by atoms with E-state index < -0.39 is 0 Å². The van der Waals surface area contributed by atoms with Crippen molar-refractivity contribution < 1.29 is 0 Å². The van der Waals surface area contributed by atoms with Gasteiger partial charge in [-0.2, -0.15) is 0 Å². The maximum absolute atomic E-state index is 4.87. The first-order valence-corrected chi connectivity index (χ1v) is 8.00. The molecule has 2 aliphatic rings. The van der Waals surface area contributed by atoms with Crippen LogP contribution in [-0.2, 0) is 13.5 Å². The van der Waals surface area contributed by atoms with Crippen LogP contribution in [0.25, 0.3) is 11.0 Å². The summed E-state index contributed by atoms with van der Waals surface area (Å²) in [5, 5.41) is 3.63. The quantitative estimate of drug-likeness (QED) is 0.927. The molecule has 1 aliphatic carbocycles. The van der Waals surface area contributed by atoms with Crippen molar-refractivity contribution in [2.75, 3.05) is 6.54 Å². The lowest BCUT2D eigenvalue weighted by Crippen LogP contribution is -2.35. The van der Waals surface area contributed by atoms with E-state index in [1.807, 2.05) is 0 Å². The van der Waals surface area contributed by atoms with Crippen LogP contribution in [0.15, 0.2) is 18.2 Å². The lowest BCUT2D eigenvalue weighted by atomic mass is 9.97. The van der Waals surface area contributed by atoms with E-state index in [9.17, 15) is 0 Å². The molecule has 4 rings (SSSR count). The molecular formula is C17H23N3. The number of fused-ring (bicyclic) bond motifs is 1. The van der Waals surface area contributed by atoms with Crippen molar-refractivity contribution in [1.29, 1.82) is 0 Å². The van der Waals surface area contributed by atoms with Gasteiger partial charge in [0.25, 0.3) is 0 Å². The molecule has 2 aromatic rings. The maximum atomic E-state index is 4.87. The number of rotatable bonds is 3. The molecule has 1 N–H and O–H groups in total. The third-order valence-electron chi connectivity index (χ3n) is 4.82. The van der Waals surface area contributed by atoms with Gasteiger partial charge >= 0.3 is 0 Å². The van der Waals surface area contributed by atoms with Gasteiger partial charge < -0.3 is 9.88 Å². The van der Waals surface area contributed by atoms with Crippen LogP contribution < -0.4 is 5.32 Å². The van der Waals surface area contributed by atoms with E-state index in [2.05, 4.69) is 35.1 Å². The molecule has 106 valence electrons. The maximum Gasteiger partial charge on any atom is 0.112 e. The zero-order valence-corrected chi connectivity index (χ0v) is 12.2. The molecule has 1 aliphatic heterocycles. The van der Waals surface area contributed by atoms with Crippen LogP contribution in [0.3, 0.4) is 0 Å². The van der Waals surface area contributed by atoms with E-state index >= 15 is 0 Å². The van der Waals surface area contributed by atoms with Gasteiger partial charge in [-0.25, -0.2) is 4.98 Å². The molecule has 1 atom stereocenters. The third kappa shape index (κ3) is 2.24. The minimum Gasteiger partial charge on any atom is -0.331 e. The van der Waals surface area contributed by atoms with Gasteiger partial charge in [-0.1, -0.05) is 12.5 Å². The smallest absolute Gasteiger partial charge is 0.112 e. The van der Waals surface area contributed by atoms with Gasteiger partial charge in [0.1, 0.15) is 5.82 Å². The van der Waals surface area contributed by atoms with Crippen molar-refractivity contribution in [3.63, 3.8) is 0 Å². The first kappa shape index (κ1) is 12.4. The zero-order valence-electron chi connectivity index (χ0n) is 12.2. The molecule has 2 heterocycles. The summed E-state index contributed by atoms with van der Waals surface area (Å²) in [6.45, 7) is 1.18. The molecule has 20 heavy (non-hydrogen) atoms. The van der Waals surface area contributed by atoms with Crippen molar-refractivity contribution >= 4 is 11.0 Å². The Kier molecular flexibility index (Phi) is 3.03. The van der Waals surface area contributed by atoms with E-state index in [0.29, 0.717) is 6.04 Å². The van der Waals surface area contributed by atoms with Gasteiger partial charge in [0.05, 0.1) is 11.0 Å². The summed E-state index contributed by atoms with van der Waals surface area (Å²) < 4.78 is 2.29. The average Bonchev–Trinajstić information content (AvgIpc) is 3.26. The van der Waals surface area contributed by atoms with Crippen LogP contribution in [-0.4, -0.2) is 22.1 Å². The standard InChI is InChI=1S/C17H23N3/c1-20-16-8-5-12(10-14-4-2-3-9-18-14)11-15(16)19-17(20)13-6-7-13/h5,8,11,13-14,18H,2-4,6-7,9-10H2,1H3. The summed E-state index contributed by atoms with van der Waals surface area (Å²) in [6, 6.07) is 7.51. The van der Waals surface area contributed by atoms with E-state index in [0.717, 1.165) is 12.3 Å². The Bertz CT molecular complexity index is 618. The Morgan fingerprint density at radius 1 is 1.25 bits per heavy atom. The Hall–Kier alpha value is -1.35. The molecule has 1 saturated heterocycles. The predicted octanol–water partition coefficient (Wildman–Crippen LogP) is 3.14. The number of nitrogens with one attached hydrogen (secondary N) is 1. The summed E-state index contributed by atoms with van der Waals surface area (Å²) in [6.07, 6.45) is 7.79. The summed E-state index contributed by atoms with van der Waals surface area (Å²) in [5.74, 6) is 2.00. The highest BCUT2D eigenvalue weighted by Gasteiger charge is 2.28. The topological polar surface area (TPSA) is 29.9 Å². The molecule has 1 unspecified atom stereocenters. The van der Waals surface area contributed by atoms with Gasteiger partial charge in [-0.05, 0) is 56.3 Å². The average molecular weight is 269 g/mol. The van der Waals surface area contributed by atoms with Crippen molar-refractivity contribution in [2.24, 2.45) is 7.05 Å². The fourth-order valence-corrected chi connectivity index (χ4v) is 3.48. The lowest BCUT2D eigenvalue weighted by Gasteiger charge is -2.23. The second-order valence-corrected chi connectivity index (χ2v) is 6.48. The van der Waals surface area contributed by atoms with Gasteiger partial charge in [0, 0.05) is 19.0 Å². The van der Waals surface area contributed by atoms with Gasteiger partial charge in [0.2, 0.25) is 0 Å². The van der Waals surface area contributed by atoms with Crippen molar-refractivity contribution in [2.45, 2.75) is 50.5 Å². The van der Waals surface area contributed by atoms with Gasteiger partial charge in [0.15, 0.2) is 0 Å². The van der Waals surface area contributed by atoms with E-state index in [4.69, 9.17) is 4.98 Å². The number of hydrogen-bond acceptors (Lipinski definition) is 2. The zero-order chi connectivity index (χ0) is 13.5. The molecular weight excluding hydrogens is 246 g/mol. The van der Waals surface area contributed by atoms with E-state index in [1.165, 1.54) is 61.1 Å². The first-order valence-electron chi connectivity index (χ1n) is 8.00. The highest BCUT2D eigenvalue weighted by molar-refractivity contribution is 5.77. The second-order valence-electron chi connectivity index (χ2n) is 6.48. The Labute approximate surface area is 120 Å². The summed E-state index contributed by atoms with van der Waals surface area (Å²) in [5.41, 5.74) is 3.90. The van der Waals surface area contributed by atoms with E-state index in [1.54, 1.807) is 0 Å². The third-order valence-corrected chi connectivity index (χ3v) is 4.82. The molecule has 3 nitrogen and oxygen atoms in total. The number of aromatic nitrogens is 2. The Morgan fingerprint density at radius 3 is 2.90 bits per heavy atom. The minimum atomic E-state index is 0.660. The number of nitrogens with zero attached hydrogens (tertiary/aromatic N) is 2. The predicted molar refractivity (Wildman–Crippen MR) is 82.0 cm³/mol. The summed E-state index contributed by atoms with van der Waals surface area (Å²) in [4.78, 5) is 4.87. The van der Waals surface area contributed by atoms with Crippen LogP contribution in [0.2, 0.25) is 0 Å². The molecule has 0 bridgehead atoms. The highest BCUT2D eigenvalue weighted by Crippen LogP contribution is 2.40. The van der Waals surface area contributed by atoms with E-state index in [-0.39, 0.29) is 0 Å². The number of hydrogen-bond donors (Lipinski definition) is 1. The van der Waals surface area contributed by atoms with Crippen molar-refractivity contribution in [3.05, 3.63) is 29.6 Å². The Balaban J connectivity index is 1.61. The molecule has 0 radical (unpaired) electrons. The van der Waals surface area contributed by atoms with Crippen LogP contribution in [0, 0.1) is 0 Å². The van der Waals surface area contributed by atoms with Gasteiger partial charge in [-0.3, -0.25) is 0 Å². The fourth-order valence-electron chi connectivity index (χ4n) is 3.48. The number of imidazole rings is 1. The van der Waals surface area contributed by atoms with Crippen LogP contribution in [0.1, 0.15) is 49.4 Å². The van der Waals surface area contributed by atoms with Crippen molar-refractivity contribution in [1.82, 2.24) is 14.9 Å². The van der Waals surface area contributed by atoms with Gasteiger partial charge in [-0.15, -0.1) is 0 Å². The highest BCUT2D eigenvalue weighted by atomic mass is 15.1. The molecule has 2 fully saturated rings.